The summed E-state index contributed by atoms with van der Waals surface area (Å²) < 4.78 is 6.18. The maximum Gasteiger partial charge on any atom is 0.273 e. The van der Waals surface area contributed by atoms with Gasteiger partial charge in [0.2, 0.25) is 5.91 Å². The number of amides is 2. The van der Waals surface area contributed by atoms with Crippen LogP contribution in [0.15, 0.2) is 47.8 Å². The Labute approximate surface area is 226 Å². The number of rotatable bonds is 6. The Bertz CT molecular complexity index is 1310. The number of ether oxygens (including phenoxy) is 1. The number of fused-ring (bicyclic) bond motifs is 1. The second-order valence-corrected chi connectivity index (χ2v) is 12.2. The lowest BCUT2D eigenvalue weighted by atomic mass is 9.87. The highest BCUT2D eigenvalue weighted by atomic mass is 32.2. The summed E-state index contributed by atoms with van der Waals surface area (Å²) in [5.74, 6) is 3.19. The number of aryl methyl sites for hydroxylation is 1. The van der Waals surface area contributed by atoms with Gasteiger partial charge in [-0.15, -0.1) is 11.3 Å². The summed E-state index contributed by atoms with van der Waals surface area (Å²) in [6.07, 6.45) is 2.85. The molecule has 3 heterocycles. The van der Waals surface area contributed by atoms with Crippen LogP contribution >= 0.6 is 23.1 Å². The summed E-state index contributed by atoms with van der Waals surface area (Å²) in [6.45, 7) is 4.71. The van der Waals surface area contributed by atoms with E-state index in [1.54, 1.807) is 0 Å². The molecule has 37 heavy (non-hydrogen) atoms. The van der Waals surface area contributed by atoms with Gasteiger partial charge in [0.25, 0.3) is 5.91 Å². The largest absolute Gasteiger partial charge is 0.486 e. The molecular weight excluding hydrogens is 502 g/mol. The van der Waals surface area contributed by atoms with E-state index in [1.807, 2.05) is 28.1 Å². The van der Waals surface area contributed by atoms with Crippen molar-refractivity contribution in [3.05, 3.63) is 80.8 Å². The molecule has 192 valence electrons. The Morgan fingerprint density at radius 3 is 2.70 bits per heavy atom. The summed E-state index contributed by atoms with van der Waals surface area (Å²) >= 11 is 3.35. The van der Waals surface area contributed by atoms with E-state index in [-0.39, 0.29) is 23.8 Å². The van der Waals surface area contributed by atoms with Crippen molar-refractivity contribution < 1.29 is 14.3 Å². The highest BCUT2D eigenvalue weighted by molar-refractivity contribution is 7.99. The zero-order chi connectivity index (χ0) is 25.4. The number of thiazole rings is 1. The Hall–Kier alpha value is -2.84. The molecule has 1 atom stereocenters. The molecule has 2 amide bonds. The average molecular weight is 534 g/mol. The third-order valence-corrected chi connectivity index (χ3v) is 9.11. The predicted octanol–water partition coefficient (Wildman–Crippen LogP) is 5.10. The van der Waals surface area contributed by atoms with Crippen LogP contribution in [0.2, 0.25) is 0 Å². The molecule has 0 bridgehead atoms. The summed E-state index contributed by atoms with van der Waals surface area (Å²) in [4.78, 5) is 34.6. The van der Waals surface area contributed by atoms with E-state index < -0.39 is 0 Å². The van der Waals surface area contributed by atoms with Gasteiger partial charge in [-0.3, -0.25) is 9.59 Å². The monoisotopic (exact) mass is 533 g/mol. The van der Waals surface area contributed by atoms with E-state index in [2.05, 4.69) is 53.2 Å². The zero-order valence-electron chi connectivity index (χ0n) is 21.0. The molecule has 3 aliphatic rings. The first-order valence-electron chi connectivity index (χ1n) is 13.0. The van der Waals surface area contributed by atoms with Crippen LogP contribution in [-0.2, 0) is 17.8 Å². The summed E-state index contributed by atoms with van der Waals surface area (Å²) in [7, 11) is 0. The molecular formula is C29H31N3O3S2. The minimum atomic E-state index is -0.105. The van der Waals surface area contributed by atoms with Crippen molar-refractivity contribution in [2.75, 3.05) is 31.1 Å². The molecule has 2 aromatic carbocycles. The second kappa shape index (κ2) is 10.5. The molecule has 8 heteroatoms. The summed E-state index contributed by atoms with van der Waals surface area (Å²) in [5.41, 5.74) is 5.25. The van der Waals surface area contributed by atoms with Crippen LogP contribution in [0.5, 0.6) is 5.75 Å². The SMILES string of the molecule is Cc1cccc(C2c3cc(OCc4nc(C(=O)N5CCSCC5)cs4)ccc3CCN2C(=O)C2CC2)c1. The fraction of sp³-hybridized carbons (Fsp3) is 0.414. The van der Waals surface area contributed by atoms with Gasteiger partial charge in [-0.25, -0.2) is 4.98 Å². The maximum atomic E-state index is 13.3. The van der Waals surface area contributed by atoms with Gasteiger partial charge in [0, 0.05) is 42.4 Å². The van der Waals surface area contributed by atoms with Gasteiger partial charge in [-0.05, 0) is 55.0 Å². The van der Waals surface area contributed by atoms with E-state index in [1.165, 1.54) is 22.5 Å². The van der Waals surface area contributed by atoms with Gasteiger partial charge in [0.1, 0.15) is 23.1 Å². The quantitative estimate of drug-likeness (QED) is 0.441. The van der Waals surface area contributed by atoms with E-state index in [9.17, 15) is 9.59 Å². The molecule has 2 aliphatic heterocycles. The van der Waals surface area contributed by atoms with E-state index in [0.29, 0.717) is 12.3 Å². The molecule has 1 saturated carbocycles. The lowest BCUT2D eigenvalue weighted by molar-refractivity contribution is -0.134. The number of hydrogen-bond acceptors (Lipinski definition) is 6. The molecule has 1 aromatic heterocycles. The van der Waals surface area contributed by atoms with E-state index >= 15 is 0 Å². The first-order chi connectivity index (χ1) is 18.1. The van der Waals surface area contributed by atoms with Gasteiger partial charge >= 0.3 is 0 Å². The molecule has 6 nitrogen and oxygen atoms in total. The van der Waals surface area contributed by atoms with Crippen LogP contribution in [0.4, 0.5) is 0 Å². The normalized spacial score (nSPS) is 19.4. The number of hydrogen-bond donors (Lipinski definition) is 0. The van der Waals surface area contributed by atoms with Crippen molar-refractivity contribution in [1.82, 2.24) is 14.8 Å². The predicted molar refractivity (Wildman–Crippen MR) is 147 cm³/mol. The molecule has 1 saturated heterocycles. The number of carbonyl (C=O) groups excluding carboxylic acids is 2. The lowest BCUT2D eigenvalue weighted by Gasteiger charge is -2.38. The van der Waals surface area contributed by atoms with Crippen molar-refractivity contribution in [3.63, 3.8) is 0 Å². The van der Waals surface area contributed by atoms with E-state index in [4.69, 9.17) is 4.74 Å². The molecule has 0 N–H and O–H groups in total. The van der Waals surface area contributed by atoms with E-state index in [0.717, 1.165) is 72.3 Å². The van der Waals surface area contributed by atoms with Crippen LogP contribution in [0.25, 0.3) is 0 Å². The topological polar surface area (TPSA) is 62.7 Å². The minimum Gasteiger partial charge on any atom is -0.486 e. The van der Waals surface area contributed by atoms with Crippen LogP contribution in [0, 0.1) is 12.8 Å². The number of thioether (sulfide) groups is 1. The molecule has 1 aliphatic carbocycles. The second-order valence-electron chi connectivity index (χ2n) is 10.1. The lowest BCUT2D eigenvalue weighted by Crippen LogP contribution is -2.41. The van der Waals surface area contributed by atoms with Crippen LogP contribution < -0.4 is 4.74 Å². The zero-order valence-corrected chi connectivity index (χ0v) is 22.7. The Balaban J connectivity index is 1.22. The van der Waals surface area contributed by atoms with Crippen molar-refractivity contribution in [2.24, 2.45) is 5.92 Å². The number of nitrogens with zero attached hydrogens (tertiary/aromatic N) is 3. The van der Waals surface area contributed by atoms with Gasteiger partial charge in [0.15, 0.2) is 0 Å². The highest BCUT2D eigenvalue weighted by Gasteiger charge is 2.39. The number of benzene rings is 2. The van der Waals surface area contributed by atoms with Crippen molar-refractivity contribution >= 4 is 34.9 Å². The Morgan fingerprint density at radius 2 is 1.92 bits per heavy atom. The third kappa shape index (κ3) is 5.27. The van der Waals surface area contributed by atoms with Gasteiger partial charge < -0.3 is 14.5 Å². The van der Waals surface area contributed by atoms with Crippen molar-refractivity contribution in [3.8, 4) is 5.75 Å². The summed E-state index contributed by atoms with van der Waals surface area (Å²) in [6, 6.07) is 14.6. The molecule has 6 rings (SSSR count). The first kappa shape index (κ1) is 24.5. The van der Waals surface area contributed by atoms with Crippen LogP contribution in [-0.4, -0.2) is 57.7 Å². The van der Waals surface area contributed by atoms with Crippen molar-refractivity contribution in [2.45, 2.75) is 38.8 Å². The maximum absolute atomic E-state index is 13.3. The minimum absolute atomic E-state index is 0.0120. The van der Waals surface area contributed by atoms with Crippen LogP contribution in [0.3, 0.4) is 0 Å². The number of carbonyl (C=O) groups is 2. The molecule has 0 spiro atoms. The summed E-state index contributed by atoms with van der Waals surface area (Å²) in [5, 5.41) is 2.62. The Morgan fingerprint density at radius 1 is 1.08 bits per heavy atom. The smallest absolute Gasteiger partial charge is 0.273 e. The Kier molecular flexibility index (Phi) is 6.95. The van der Waals surface area contributed by atoms with Gasteiger partial charge in [0.05, 0.1) is 6.04 Å². The van der Waals surface area contributed by atoms with Crippen molar-refractivity contribution in [1.29, 1.82) is 0 Å². The molecule has 3 aromatic rings. The molecule has 1 unspecified atom stereocenters. The van der Waals surface area contributed by atoms with Gasteiger partial charge in [-0.1, -0.05) is 35.9 Å². The molecule has 0 radical (unpaired) electrons. The van der Waals surface area contributed by atoms with Gasteiger partial charge in [-0.2, -0.15) is 11.8 Å². The first-order valence-corrected chi connectivity index (χ1v) is 15.0. The third-order valence-electron chi connectivity index (χ3n) is 7.34. The average Bonchev–Trinajstić information content (AvgIpc) is 3.68. The standard InChI is InChI=1S/C29H31N3O3S2/c1-19-3-2-4-22(15-19)27-24-16-23(8-7-20(24)9-10-32(27)28(33)21-5-6-21)35-17-26-30-25(18-37-26)29(34)31-11-13-36-14-12-31/h2-4,7-8,15-16,18,21,27H,5-6,9-14,17H2,1H3. The fourth-order valence-electron chi connectivity index (χ4n) is 5.23. The fourth-order valence-corrected chi connectivity index (χ4v) is 6.82. The number of aromatic nitrogens is 1. The van der Waals surface area contributed by atoms with Crippen LogP contribution in [0.1, 0.15) is 56.6 Å². The highest BCUT2D eigenvalue weighted by Crippen LogP contribution is 2.41. The molecule has 2 fully saturated rings.